The van der Waals surface area contributed by atoms with Crippen molar-refractivity contribution in [3.63, 3.8) is 0 Å². The maximum absolute atomic E-state index is 4.56. The second kappa shape index (κ2) is 7.04. The van der Waals surface area contributed by atoms with Gasteiger partial charge in [-0.1, -0.05) is 13.8 Å². The molecule has 112 valence electrons. The molecular weight excluding hydrogens is 248 g/mol. The van der Waals surface area contributed by atoms with E-state index in [0.717, 1.165) is 25.5 Å². The molecule has 2 rings (SSSR count). The minimum Gasteiger partial charge on any atom is -0.355 e. The first kappa shape index (κ1) is 15.3. The fourth-order valence-electron chi connectivity index (χ4n) is 2.65. The molecule has 1 saturated heterocycles. The van der Waals surface area contributed by atoms with E-state index in [1.54, 1.807) is 0 Å². The van der Waals surface area contributed by atoms with Gasteiger partial charge in [-0.05, 0) is 44.6 Å². The minimum absolute atomic E-state index is 0.514. The molecule has 0 bridgehead atoms. The molecule has 0 aliphatic carbocycles. The average Bonchev–Trinajstić information content (AvgIpc) is 2.45. The van der Waals surface area contributed by atoms with Gasteiger partial charge in [0.05, 0.1) is 0 Å². The molecule has 0 amide bonds. The van der Waals surface area contributed by atoms with Crippen molar-refractivity contribution in [2.24, 2.45) is 0 Å². The maximum Gasteiger partial charge on any atom is 0.128 e. The molecule has 1 N–H and O–H groups in total. The summed E-state index contributed by atoms with van der Waals surface area (Å²) in [5, 5.41) is 3.46. The highest BCUT2D eigenvalue weighted by molar-refractivity contribution is 5.41. The van der Waals surface area contributed by atoms with Gasteiger partial charge < -0.3 is 15.1 Å². The van der Waals surface area contributed by atoms with E-state index in [1.807, 2.05) is 6.20 Å². The third kappa shape index (κ3) is 4.18. The van der Waals surface area contributed by atoms with Crippen LogP contribution in [0.15, 0.2) is 18.3 Å². The first-order valence-corrected chi connectivity index (χ1v) is 7.66. The standard InChI is InChI=1S/C16H28N4/c1-13(2)18-11-14-7-8-17-16(10-14)20-9-5-6-15(12-20)19(3)4/h7-8,10,13,15,18H,5-6,9,11-12H2,1-4H3. The van der Waals surface area contributed by atoms with Gasteiger partial charge >= 0.3 is 0 Å². The predicted molar refractivity (Wildman–Crippen MR) is 85.1 cm³/mol. The fourth-order valence-corrected chi connectivity index (χ4v) is 2.65. The van der Waals surface area contributed by atoms with Crippen LogP contribution in [0, 0.1) is 0 Å². The van der Waals surface area contributed by atoms with Crippen molar-refractivity contribution < 1.29 is 0 Å². The van der Waals surface area contributed by atoms with Crippen molar-refractivity contribution in [2.45, 2.75) is 45.3 Å². The van der Waals surface area contributed by atoms with Crippen molar-refractivity contribution in [1.29, 1.82) is 0 Å². The van der Waals surface area contributed by atoms with Crippen LogP contribution >= 0.6 is 0 Å². The lowest BCUT2D eigenvalue weighted by Gasteiger charge is -2.36. The van der Waals surface area contributed by atoms with Crippen molar-refractivity contribution in [3.05, 3.63) is 23.9 Å². The van der Waals surface area contributed by atoms with Gasteiger partial charge in [-0.25, -0.2) is 4.98 Å². The van der Waals surface area contributed by atoms with Crippen molar-refractivity contribution in [1.82, 2.24) is 15.2 Å². The largest absolute Gasteiger partial charge is 0.355 e. The first-order valence-electron chi connectivity index (χ1n) is 7.66. The van der Waals surface area contributed by atoms with E-state index in [9.17, 15) is 0 Å². The predicted octanol–water partition coefficient (Wildman–Crippen LogP) is 2.11. The minimum atomic E-state index is 0.514. The zero-order valence-electron chi connectivity index (χ0n) is 13.3. The number of likely N-dealkylation sites (N-methyl/N-ethyl adjacent to an activating group) is 1. The summed E-state index contributed by atoms with van der Waals surface area (Å²) in [6.07, 6.45) is 4.48. The van der Waals surface area contributed by atoms with Gasteiger partial charge in [0.2, 0.25) is 0 Å². The molecule has 4 nitrogen and oxygen atoms in total. The van der Waals surface area contributed by atoms with Crippen LogP contribution in [0.5, 0.6) is 0 Å². The van der Waals surface area contributed by atoms with Gasteiger partial charge in [-0.15, -0.1) is 0 Å². The Labute approximate surface area is 123 Å². The van der Waals surface area contributed by atoms with Crippen LogP contribution in [0.25, 0.3) is 0 Å². The SMILES string of the molecule is CC(C)NCc1ccnc(N2CCCC(N(C)C)C2)c1. The highest BCUT2D eigenvalue weighted by atomic mass is 15.2. The molecule has 20 heavy (non-hydrogen) atoms. The number of hydrogen-bond donors (Lipinski definition) is 1. The lowest BCUT2D eigenvalue weighted by atomic mass is 10.0. The number of aromatic nitrogens is 1. The summed E-state index contributed by atoms with van der Waals surface area (Å²) in [5.74, 6) is 1.12. The molecule has 0 saturated carbocycles. The lowest BCUT2D eigenvalue weighted by Crippen LogP contribution is -2.45. The molecule has 0 aromatic carbocycles. The van der Waals surface area contributed by atoms with Gasteiger partial charge in [-0.3, -0.25) is 0 Å². The lowest BCUT2D eigenvalue weighted by molar-refractivity contribution is 0.257. The Balaban J connectivity index is 2.02. The fraction of sp³-hybridized carbons (Fsp3) is 0.688. The summed E-state index contributed by atoms with van der Waals surface area (Å²) in [5.41, 5.74) is 1.32. The smallest absolute Gasteiger partial charge is 0.128 e. The monoisotopic (exact) mass is 276 g/mol. The van der Waals surface area contributed by atoms with Gasteiger partial charge in [0.1, 0.15) is 5.82 Å². The number of rotatable bonds is 5. The van der Waals surface area contributed by atoms with Crippen LogP contribution in [0.3, 0.4) is 0 Å². The summed E-state index contributed by atoms with van der Waals surface area (Å²) < 4.78 is 0. The van der Waals surface area contributed by atoms with Crippen LogP contribution in [0.4, 0.5) is 5.82 Å². The summed E-state index contributed by atoms with van der Waals surface area (Å²) in [6, 6.07) is 5.49. The summed E-state index contributed by atoms with van der Waals surface area (Å²) >= 11 is 0. The second-order valence-electron chi connectivity index (χ2n) is 6.26. The topological polar surface area (TPSA) is 31.4 Å². The summed E-state index contributed by atoms with van der Waals surface area (Å²) in [6.45, 7) is 7.47. The number of anilines is 1. The molecule has 1 aliphatic heterocycles. The van der Waals surface area contributed by atoms with E-state index in [1.165, 1.54) is 18.4 Å². The van der Waals surface area contributed by atoms with Crippen LogP contribution < -0.4 is 10.2 Å². The number of nitrogens with zero attached hydrogens (tertiary/aromatic N) is 3. The van der Waals surface area contributed by atoms with Gasteiger partial charge in [0.15, 0.2) is 0 Å². The van der Waals surface area contributed by atoms with Crippen LogP contribution in [0.2, 0.25) is 0 Å². The molecule has 1 aliphatic rings. The molecule has 1 fully saturated rings. The second-order valence-corrected chi connectivity index (χ2v) is 6.26. The Bertz CT molecular complexity index is 417. The zero-order chi connectivity index (χ0) is 14.5. The molecule has 1 unspecified atom stereocenters. The maximum atomic E-state index is 4.56. The third-order valence-electron chi connectivity index (χ3n) is 3.98. The van der Waals surface area contributed by atoms with E-state index in [4.69, 9.17) is 0 Å². The van der Waals surface area contributed by atoms with Crippen LogP contribution in [0.1, 0.15) is 32.3 Å². The Morgan fingerprint density at radius 3 is 2.95 bits per heavy atom. The van der Waals surface area contributed by atoms with E-state index < -0.39 is 0 Å². The first-order chi connectivity index (χ1) is 9.56. The molecule has 2 heterocycles. The van der Waals surface area contributed by atoms with Gasteiger partial charge in [0.25, 0.3) is 0 Å². The number of pyridine rings is 1. The molecule has 1 aromatic rings. The molecule has 1 aromatic heterocycles. The third-order valence-corrected chi connectivity index (χ3v) is 3.98. The quantitative estimate of drug-likeness (QED) is 0.892. The molecular formula is C16H28N4. The average molecular weight is 276 g/mol. The number of nitrogens with one attached hydrogen (secondary N) is 1. The zero-order valence-corrected chi connectivity index (χ0v) is 13.3. The van der Waals surface area contributed by atoms with Crippen molar-refractivity contribution >= 4 is 5.82 Å². The highest BCUT2D eigenvalue weighted by Crippen LogP contribution is 2.20. The highest BCUT2D eigenvalue weighted by Gasteiger charge is 2.22. The Morgan fingerprint density at radius 2 is 2.25 bits per heavy atom. The van der Waals surface area contributed by atoms with E-state index in [0.29, 0.717) is 12.1 Å². The Hall–Kier alpha value is -1.13. The molecule has 1 atom stereocenters. The molecule has 4 heteroatoms. The summed E-state index contributed by atoms with van der Waals surface area (Å²) in [4.78, 5) is 9.32. The van der Waals surface area contributed by atoms with Gasteiger partial charge in [0, 0.05) is 37.9 Å². The molecule has 0 spiro atoms. The summed E-state index contributed by atoms with van der Waals surface area (Å²) in [7, 11) is 4.34. The van der Waals surface area contributed by atoms with E-state index in [2.05, 4.69) is 60.2 Å². The van der Waals surface area contributed by atoms with E-state index in [-0.39, 0.29) is 0 Å². The van der Waals surface area contributed by atoms with E-state index >= 15 is 0 Å². The Morgan fingerprint density at radius 1 is 1.45 bits per heavy atom. The van der Waals surface area contributed by atoms with Crippen molar-refractivity contribution in [3.8, 4) is 0 Å². The number of piperidine rings is 1. The van der Waals surface area contributed by atoms with Crippen LogP contribution in [-0.2, 0) is 6.54 Å². The normalized spacial score (nSPS) is 19.9. The van der Waals surface area contributed by atoms with Crippen LogP contribution in [-0.4, -0.2) is 49.2 Å². The van der Waals surface area contributed by atoms with Gasteiger partial charge in [-0.2, -0.15) is 0 Å². The van der Waals surface area contributed by atoms with Crippen molar-refractivity contribution in [2.75, 3.05) is 32.1 Å². The molecule has 0 radical (unpaired) electrons. The Kier molecular flexibility index (Phi) is 5.38. The number of hydrogen-bond acceptors (Lipinski definition) is 4.